The molecule has 1 aliphatic rings. The van der Waals surface area contributed by atoms with Crippen LogP contribution >= 0.6 is 7.14 Å². The maximum absolute atomic E-state index is 13.9. The number of aryl methyl sites for hydroxylation is 3. The number of hydrogen-bond donors (Lipinski definition) is 0. The fourth-order valence-electron chi connectivity index (χ4n) is 4.15. The van der Waals surface area contributed by atoms with Crippen LogP contribution in [0.25, 0.3) is 0 Å². The van der Waals surface area contributed by atoms with Crippen LogP contribution in [0.15, 0.2) is 12.1 Å². The molecule has 1 saturated carbocycles. The standard InChI is InChI=1S/C20H31O2P/c1-14(2)13-23(22,18-9-7-6-8-10-18)20(21)19-16(4)11-15(3)12-17(19)5/h11-12,14,18H,6-10,13H2,1-5H3. The normalized spacial score (nSPS) is 18.9. The van der Waals surface area contributed by atoms with Gasteiger partial charge in [0.2, 0.25) is 5.52 Å². The molecule has 0 heterocycles. The third kappa shape index (κ3) is 3.97. The Kier molecular flexibility index (Phi) is 5.89. The number of benzene rings is 1. The predicted octanol–water partition coefficient (Wildman–Crippen LogP) is 6.10. The van der Waals surface area contributed by atoms with Crippen LogP contribution in [0.5, 0.6) is 0 Å². The van der Waals surface area contributed by atoms with Crippen molar-refractivity contribution in [2.45, 2.75) is 72.4 Å². The fourth-order valence-corrected chi connectivity index (χ4v) is 7.96. The number of carbonyl (C=O) groups is 1. The average Bonchev–Trinajstić information content (AvgIpc) is 2.46. The third-order valence-corrected chi connectivity index (χ3v) is 8.92. The third-order valence-electron chi connectivity index (χ3n) is 5.04. The van der Waals surface area contributed by atoms with Crippen molar-refractivity contribution in [2.24, 2.45) is 5.92 Å². The second-order valence-electron chi connectivity index (χ2n) is 7.74. The largest absolute Gasteiger partial charge is 0.315 e. The zero-order valence-corrected chi connectivity index (χ0v) is 16.2. The van der Waals surface area contributed by atoms with Gasteiger partial charge >= 0.3 is 0 Å². The Morgan fingerprint density at radius 3 is 2.09 bits per heavy atom. The molecule has 2 rings (SSSR count). The van der Waals surface area contributed by atoms with Gasteiger partial charge in [0.25, 0.3) is 0 Å². The quantitative estimate of drug-likeness (QED) is 0.609. The molecular weight excluding hydrogens is 303 g/mol. The van der Waals surface area contributed by atoms with E-state index in [4.69, 9.17) is 0 Å². The SMILES string of the molecule is Cc1cc(C)c(C(=O)P(=O)(CC(C)C)C2CCCCC2)c(C)c1. The van der Waals surface area contributed by atoms with Crippen molar-refractivity contribution in [3.05, 3.63) is 34.4 Å². The van der Waals surface area contributed by atoms with E-state index in [1.807, 2.05) is 32.9 Å². The summed E-state index contributed by atoms with van der Waals surface area (Å²) < 4.78 is 13.9. The van der Waals surface area contributed by atoms with Gasteiger partial charge in [-0.15, -0.1) is 0 Å². The van der Waals surface area contributed by atoms with Gasteiger partial charge in [-0.3, -0.25) is 4.79 Å². The Bertz CT molecular complexity index is 602. The van der Waals surface area contributed by atoms with Gasteiger partial charge in [-0.1, -0.05) is 50.8 Å². The molecule has 3 heteroatoms. The molecule has 1 unspecified atom stereocenters. The lowest BCUT2D eigenvalue weighted by atomic mass is 10.0. The molecular formula is C20H31O2P. The zero-order valence-electron chi connectivity index (χ0n) is 15.3. The Hall–Kier alpha value is -0.880. The van der Waals surface area contributed by atoms with E-state index in [2.05, 4.69) is 13.8 Å². The molecule has 1 aliphatic carbocycles. The Morgan fingerprint density at radius 1 is 1.09 bits per heavy atom. The van der Waals surface area contributed by atoms with Gasteiger partial charge in [-0.25, -0.2) is 0 Å². The molecule has 0 amide bonds. The van der Waals surface area contributed by atoms with E-state index in [1.165, 1.54) is 6.42 Å². The van der Waals surface area contributed by atoms with Crippen LogP contribution in [-0.2, 0) is 4.57 Å². The summed E-state index contributed by atoms with van der Waals surface area (Å²) in [6, 6.07) is 4.08. The number of carbonyl (C=O) groups excluding carboxylic acids is 1. The first-order valence-electron chi connectivity index (χ1n) is 8.97. The summed E-state index contributed by atoms with van der Waals surface area (Å²) in [5, 5.41) is 0. The van der Waals surface area contributed by atoms with E-state index in [0.29, 0.717) is 6.16 Å². The van der Waals surface area contributed by atoms with Crippen molar-refractivity contribution in [3.8, 4) is 0 Å². The lowest BCUT2D eigenvalue weighted by Gasteiger charge is -2.31. The van der Waals surface area contributed by atoms with Gasteiger partial charge < -0.3 is 4.57 Å². The highest BCUT2D eigenvalue weighted by molar-refractivity contribution is 7.81. The van der Waals surface area contributed by atoms with Gasteiger partial charge in [0.15, 0.2) is 7.14 Å². The molecule has 23 heavy (non-hydrogen) atoms. The molecule has 1 aromatic carbocycles. The molecule has 0 bridgehead atoms. The topological polar surface area (TPSA) is 34.1 Å². The van der Waals surface area contributed by atoms with Crippen LogP contribution < -0.4 is 0 Å². The minimum absolute atomic E-state index is 0.0481. The predicted molar refractivity (Wildman–Crippen MR) is 99.2 cm³/mol. The van der Waals surface area contributed by atoms with E-state index in [1.54, 1.807) is 0 Å². The van der Waals surface area contributed by atoms with Gasteiger partial charge in [-0.2, -0.15) is 0 Å². The van der Waals surface area contributed by atoms with Crippen molar-refractivity contribution < 1.29 is 9.36 Å². The first-order chi connectivity index (χ1) is 10.8. The lowest BCUT2D eigenvalue weighted by Crippen LogP contribution is -2.23. The second kappa shape index (κ2) is 7.34. The highest BCUT2D eigenvalue weighted by Crippen LogP contribution is 2.59. The molecule has 0 spiro atoms. The maximum Gasteiger partial charge on any atom is 0.222 e. The first-order valence-corrected chi connectivity index (χ1v) is 10.9. The maximum atomic E-state index is 13.9. The van der Waals surface area contributed by atoms with E-state index >= 15 is 0 Å². The summed E-state index contributed by atoms with van der Waals surface area (Å²) in [5.74, 6) is 0.290. The molecule has 0 aliphatic heterocycles. The Balaban J connectivity index is 2.47. The van der Waals surface area contributed by atoms with Crippen LogP contribution in [0.2, 0.25) is 0 Å². The monoisotopic (exact) mass is 334 g/mol. The molecule has 0 N–H and O–H groups in total. The lowest BCUT2D eigenvalue weighted by molar-refractivity contribution is 0.107. The van der Waals surface area contributed by atoms with Crippen molar-refractivity contribution >= 4 is 12.7 Å². The number of hydrogen-bond acceptors (Lipinski definition) is 2. The van der Waals surface area contributed by atoms with Gasteiger partial charge in [0.1, 0.15) is 0 Å². The van der Waals surface area contributed by atoms with Crippen LogP contribution in [0, 0.1) is 26.7 Å². The van der Waals surface area contributed by atoms with E-state index in [9.17, 15) is 9.36 Å². The molecule has 0 aromatic heterocycles. The highest BCUT2D eigenvalue weighted by atomic mass is 31.2. The fraction of sp³-hybridized carbons (Fsp3) is 0.650. The summed E-state index contributed by atoms with van der Waals surface area (Å²) >= 11 is 0. The smallest absolute Gasteiger partial charge is 0.222 e. The van der Waals surface area contributed by atoms with E-state index in [0.717, 1.165) is 47.9 Å². The molecule has 0 saturated heterocycles. The van der Waals surface area contributed by atoms with Crippen molar-refractivity contribution in [1.82, 2.24) is 0 Å². The second-order valence-corrected chi connectivity index (χ2v) is 10.8. The summed E-state index contributed by atoms with van der Waals surface area (Å²) in [7, 11) is -2.87. The van der Waals surface area contributed by atoms with Crippen molar-refractivity contribution in [3.63, 3.8) is 0 Å². The molecule has 1 atom stereocenters. The summed E-state index contributed by atoms with van der Waals surface area (Å²) in [6.45, 7) is 10.2. The molecule has 0 radical (unpaired) electrons. The van der Waals surface area contributed by atoms with E-state index in [-0.39, 0.29) is 17.1 Å². The van der Waals surface area contributed by atoms with Crippen LogP contribution in [0.1, 0.15) is 73.0 Å². The molecule has 1 aromatic rings. The van der Waals surface area contributed by atoms with Crippen LogP contribution in [0.4, 0.5) is 0 Å². The molecule has 128 valence electrons. The summed E-state index contributed by atoms with van der Waals surface area (Å²) in [4.78, 5) is 13.4. The van der Waals surface area contributed by atoms with Gasteiger partial charge in [-0.05, 0) is 50.7 Å². The van der Waals surface area contributed by atoms with Crippen molar-refractivity contribution in [2.75, 3.05) is 6.16 Å². The minimum atomic E-state index is -2.87. The minimum Gasteiger partial charge on any atom is -0.315 e. The van der Waals surface area contributed by atoms with Gasteiger partial charge in [0, 0.05) is 17.4 Å². The molecule has 1 fully saturated rings. The van der Waals surface area contributed by atoms with Crippen molar-refractivity contribution in [1.29, 1.82) is 0 Å². The first kappa shape index (κ1) is 18.5. The summed E-state index contributed by atoms with van der Waals surface area (Å²) in [5.41, 5.74) is 3.90. The van der Waals surface area contributed by atoms with E-state index < -0.39 is 7.14 Å². The zero-order chi connectivity index (χ0) is 17.2. The van der Waals surface area contributed by atoms with Crippen LogP contribution in [0.3, 0.4) is 0 Å². The Morgan fingerprint density at radius 2 is 1.61 bits per heavy atom. The molecule has 2 nitrogen and oxygen atoms in total. The summed E-state index contributed by atoms with van der Waals surface area (Å²) in [6.07, 6.45) is 5.93. The Labute approximate surface area is 141 Å². The van der Waals surface area contributed by atoms with Gasteiger partial charge in [0.05, 0.1) is 0 Å². The average molecular weight is 334 g/mol. The number of rotatable bonds is 5. The van der Waals surface area contributed by atoms with Crippen LogP contribution in [-0.4, -0.2) is 17.3 Å². The highest BCUT2D eigenvalue weighted by Gasteiger charge is 2.42.